The Morgan fingerprint density at radius 2 is 1.93 bits per heavy atom. The number of hydrogen-bond acceptors (Lipinski definition) is 4. The van der Waals surface area contributed by atoms with Gasteiger partial charge in [0.15, 0.2) is 5.78 Å². The molecule has 1 fully saturated rings. The number of carbonyl (C=O) groups excluding carboxylic acids is 2. The van der Waals surface area contributed by atoms with Crippen molar-refractivity contribution in [2.24, 2.45) is 5.92 Å². The average Bonchev–Trinajstić information content (AvgIpc) is 3.08. The summed E-state index contributed by atoms with van der Waals surface area (Å²) in [6.45, 7) is 5.00. The minimum absolute atomic E-state index is 0.0976. The summed E-state index contributed by atoms with van der Waals surface area (Å²) in [6, 6.07) is 13.8. The molecule has 2 heterocycles. The molecule has 5 heteroatoms. The molecule has 0 spiro atoms. The molecule has 0 saturated carbocycles. The fourth-order valence-electron chi connectivity index (χ4n) is 4.33. The fraction of sp³-hybridized carbons (Fsp3) is 0.375. The van der Waals surface area contributed by atoms with Crippen LogP contribution in [0.15, 0.2) is 47.0 Å². The molecule has 0 unspecified atom stereocenters. The summed E-state index contributed by atoms with van der Waals surface area (Å²) in [6.07, 6.45) is 2.73. The van der Waals surface area contributed by atoms with Crippen molar-refractivity contribution in [3.05, 3.63) is 65.0 Å². The lowest BCUT2D eigenvalue weighted by atomic mass is 9.87. The standard InChI is InChI=1S/C24H26N2O3/c1-16-20(17(2)29-25-16)12-13-23(27)26-14-6-9-19(15-26)24(28)22-11-5-8-18-7-3-4-10-21(18)22/h3-5,7-8,10-11,19H,6,9,12-15H2,1-2H3/t19-/m1/s1. The third kappa shape index (κ3) is 3.95. The normalized spacial score (nSPS) is 16.9. The molecule has 1 amide bonds. The zero-order valence-corrected chi connectivity index (χ0v) is 17.0. The van der Waals surface area contributed by atoms with E-state index in [1.165, 1.54) is 0 Å². The molecule has 0 radical (unpaired) electrons. The number of nitrogens with zero attached hydrogens (tertiary/aromatic N) is 2. The van der Waals surface area contributed by atoms with E-state index in [-0.39, 0.29) is 17.6 Å². The van der Waals surface area contributed by atoms with E-state index in [0.717, 1.165) is 52.7 Å². The van der Waals surface area contributed by atoms with Gasteiger partial charge in [0.2, 0.25) is 5.91 Å². The molecular formula is C24H26N2O3. The quantitative estimate of drug-likeness (QED) is 0.602. The van der Waals surface area contributed by atoms with Crippen molar-refractivity contribution in [3.63, 3.8) is 0 Å². The van der Waals surface area contributed by atoms with Gasteiger partial charge in [0, 0.05) is 36.6 Å². The van der Waals surface area contributed by atoms with E-state index in [2.05, 4.69) is 5.16 Å². The highest BCUT2D eigenvalue weighted by Crippen LogP contribution is 2.26. The van der Waals surface area contributed by atoms with Crippen molar-refractivity contribution >= 4 is 22.5 Å². The van der Waals surface area contributed by atoms with Crippen LogP contribution in [0.4, 0.5) is 0 Å². The van der Waals surface area contributed by atoms with Crippen LogP contribution in [0, 0.1) is 19.8 Å². The zero-order valence-electron chi connectivity index (χ0n) is 17.0. The first kappa shape index (κ1) is 19.4. The molecule has 0 bridgehead atoms. The number of benzene rings is 2. The van der Waals surface area contributed by atoms with E-state index in [1.807, 2.05) is 61.2 Å². The van der Waals surface area contributed by atoms with Crippen LogP contribution in [-0.4, -0.2) is 34.8 Å². The van der Waals surface area contributed by atoms with E-state index in [0.29, 0.717) is 19.4 Å². The number of rotatable bonds is 5. The highest BCUT2D eigenvalue weighted by atomic mass is 16.5. The van der Waals surface area contributed by atoms with Gasteiger partial charge in [0.1, 0.15) is 5.76 Å². The second-order valence-electron chi connectivity index (χ2n) is 7.87. The number of aromatic nitrogens is 1. The molecule has 150 valence electrons. The first-order valence-electron chi connectivity index (χ1n) is 10.3. The second kappa shape index (κ2) is 8.19. The van der Waals surface area contributed by atoms with Gasteiger partial charge in [-0.15, -0.1) is 0 Å². The van der Waals surface area contributed by atoms with Gasteiger partial charge in [-0.1, -0.05) is 47.6 Å². The molecule has 0 N–H and O–H groups in total. The van der Waals surface area contributed by atoms with Crippen molar-refractivity contribution in [2.45, 2.75) is 39.5 Å². The van der Waals surface area contributed by atoms with Gasteiger partial charge >= 0.3 is 0 Å². The third-order valence-corrected chi connectivity index (χ3v) is 5.97. The highest BCUT2D eigenvalue weighted by Gasteiger charge is 2.29. The van der Waals surface area contributed by atoms with Gasteiger partial charge < -0.3 is 9.42 Å². The fourth-order valence-corrected chi connectivity index (χ4v) is 4.33. The van der Waals surface area contributed by atoms with Crippen LogP contribution >= 0.6 is 0 Å². The zero-order chi connectivity index (χ0) is 20.4. The first-order valence-corrected chi connectivity index (χ1v) is 10.3. The smallest absolute Gasteiger partial charge is 0.222 e. The van der Waals surface area contributed by atoms with E-state index in [9.17, 15) is 9.59 Å². The Morgan fingerprint density at radius 3 is 2.72 bits per heavy atom. The molecule has 1 saturated heterocycles. The average molecular weight is 390 g/mol. The third-order valence-electron chi connectivity index (χ3n) is 5.97. The monoisotopic (exact) mass is 390 g/mol. The number of hydrogen-bond donors (Lipinski definition) is 0. The molecular weight excluding hydrogens is 364 g/mol. The van der Waals surface area contributed by atoms with Crippen LogP contribution < -0.4 is 0 Å². The number of amides is 1. The number of piperidine rings is 1. The van der Waals surface area contributed by atoms with Gasteiger partial charge in [-0.05, 0) is 43.9 Å². The number of ketones is 1. The number of carbonyl (C=O) groups is 2. The topological polar surface area (TPSA) is 63.4 Å². The molecule has 1 atom stereocenters. The summed E-state index contributed by atoms with van der Waals surface area (Å²) < 4.78 is 5.19. The number of likely N-dealkylation sites (tertiary alicyclic amines) is 1. The van der Waals surface area contributed by atoms with Crippen LogP contribution in [0.3, 0.4) is 0 Å². The van der Waals surface area contributed by atoms with Crippen molar-refractivity contribution < 1.29 is 14.1 Å². The highest BCUT2D eigenvalue weighted by molar-refractivity contribution is 6.09. The van der Waals surface area contributed by atoms with Crippen molar-refractivity contribution in [2.75, 3.05) is 13.1 Å². The Labute approximate surface area is 170 Å². The maximum Gasteiger partial charge on any atom is 0.222 e. The Morgan fingerprint density at radius 1 is 1.14 bits per heavy atom. The van der Waals surface area contributed by atoms with Crippen LogP contribution in [0.1, 0.15) is 46.6 Å². The summed E-state index contributed by atoms with van der Waals surface area (Å²) in [7, 11) is 0. The van der Waals surface area contributed by atoms with Gasteiger partial charge in [-0.25, -0.2) is 0 Å². The van der Waals surface area contributed by atoms with Crippen molar-refractivity contribution in [1.82, 2.24) is 10.1 Å². The van der Waals surface area contributed by atoms with Crippen LogP contribution in [0.25, 0.3) is 10.8 Å². The van der Waals surface area contributed by atoms with E-state index >= 15 is 0 Å². The number of aryl methyl sites for hydroxylation is 2. The number of Topliss-reactive ketones (excluding diaryl/α,β-unsaturated/α-hetero) is 1. The minimum Gasteiger partial charge on any atom is -0.361 e. The van der Waals surface area contributed by atoms with Crippen LogP contribution in [0.5, 0.6) is 0 Å². The summed E-state index contributed by atoms with van der Waals surface area (Å²) in [5, 5.41) is 6.01. The number of fused-ring (bicyclic) bond motifs is 1. The molecule has 1 aliphatic rings. The van der Waals surface area contributed by atoms with Gasteiger partial charge in [0.05, 0.1) is 5.69 Å². The molecule has 29 heavy (non-hydrogen) atoms. The lowest BCUT2D eigenvalue weighted by Crippen LogP contribution is -2.42. The van der Waals surface area contributed by atoms with E-state index in [1.54, 1.807) is 0 Å². The van der Waals surface area contributed by atoms with Crippen molar-refractivity contribution in [3.8, 4) is 0 Å². The Balaban J connectivity index is 1.45. The summed E-state index contributed by atoms with van der Waals surface area (Å²) in [4.78, 5) is 27.9. The first-order chi connectivity index (χ1) is 14.0. The lowest BCUT2D eigenvalue weighted by molar-refractivity contribution is -0.132. The molecule has 0 aliphatic carbocycles. The Kier molecular flexibility index (Phi) is 5.47. The summed E-state index contributed by atoms with van der Waals surface area (Å²) in [5.74, 6) is 0.876. The van der Waals surface area contributed by atoms with Crippen molar-refractivity contribution in [1.29, 1.82) is 0 Å². The predicted molar refractivity (Wildman–Crippen MR) is 112 cm³/mol. The Hall–Kier alpha value is -2.95. The molecule has 1 aliphatic heterocycles. The second-order valence-corrected chi connectivity index (χ2v) is 7.87. The Bertz CT molecular complexity index is 1030. The largest absolute Gasteiger partial charge is 0.361 e. The molecule has 3 aromatic rings. The van der Waals surface area contributed by atoms with E-state index < -0.39 is 0 Å². The maximum absolute atomic E-state index is 13.3. The van der Waals surface area contributed by atoms with Gasteiger partial charge in [-0.3, -0.25) is 9.59 Å². The van der Waals surface area contributed by atoms with Crippen LogP contribution in [0.2, 0.25) is 0 Å². The van der Waals surface area contributed by atoms with Gasteiger partial charge in [-0.2, -0.15) is 0 Å². The van der Waals surface area contributed by atoms with Gasteiger partial charge in [0.25, 0.3) is 0 Å². The summed E-state index contributed by atoms with van der Waals surface area (Å²) in [5.41, 5.74) is 2.62. The van der Waals surface area contributed by atoms with Crippen LogP contribution in [-0.2, 0) is 11.2 Å². The minimum atomic E-state index is -0.141. The maximum atomic E-state index is 13.3. The molecule has 1 aromatic heterocycles. The molecule has 5 nitrogen and oxygen atoms in total. The lowest BCUT2D eigenvalue weighted by Gasteiger charge is -2.32. The summed E-state index contributed by atoms with van der Waals surface area (Å²) >= 11 is 0. The molecule has 2 aromatic carbocycles. The van der Waals surface area contributed by atoms with E-state index in [4.69, 9.17) is 4.52 Å². The SMILES string of the molecule is Cc1noc(C)c1CCC(=O)N1CCC[C@@H](C(=O)c2cccc3ccccc23)C1. The predicted octanol–water partition coefficient (Wildman–Crippen LogP) is 4.50. The molecule has 4 rings (SSSR count).